The summed E-state index contributed by atoms with van der Waals surface area (Å²) in [6, 6.07) is 7.87. The Balaban J connectivity index is 1.45. The van der Waals surface area contributed by atoms with Crippen molar-refractivity contribution >= 4 is 5.91 Å². The molecule has 3 heterocycles. The van der Waals surface area contributed by atoms with E-state index in [1.165, 1.54) is 0 Å². The highest BCUT2D eigenvalue weighted by Crippen LogP contribution is 2.32. The number of carbonyl (C=O) groups excluding carboxylic acids is 1. The summed E-state index contributed by atoms with van der Waals surface area (Å²) < 4.78 is 10.6. The summed E-state index contributed by atoms with van der Waals surface area (Å²) in [7, 11) is 3.20. The molecule has 2 aliphatic heterocycles. The number of H-pyrrole nitrogens is 1. The van der Waals surface area contributed by atoms with Crippen LogP contribution in [-0.2, 0) is 0 Å². The van der Waals surface area contributed by atoms with E-state index >= 15 is 0 Å². The van der Waals surface area contributed by atoms with Crippen molar-refractivity contribution in [1.29, 1.82) is 0 Å². The number of nitrogens with one attached hydrogen (secondary N) is 2. The Hall–Kier alpha value is -2.58. The number of nitrogens with zero attached hydrogens (tertiary/aromatic N) is 3. The van der Waals surface area contributed by atoms with Gasteiger partial charge in [-0.1, -0.05) is 0 Å². The van der Waals surface area contributed by atoms with Crippen LogP contribution in [0.25, 0.3) is 11.3 Å². The number of rotatable bonds is 5. The second-order valence-electron chi connectivity index (χ2n) is 7.22. The van der Waals surface area contributed by atoms with Gasteiger partial charge in [0, 0.05) is 50.9 Å². The molecule has 1 aromatic carbocycles. The topological polar surface area (TPSA) is 82.7 Å². The average Bonchev–Trinajstić information content (AvgIpc) is 3.43. The number of amides is 1. The lowest BCUT2D eigenvalue weighted by molar-refractivity contribution is 0.0767. The van der Waals surface area contributed by atoms with Gasteiger partial charge in [0.25, 0.3) is 5.91 Å². The van der Waals surface area contributed by atoms with Crippen molar-refractivity contribution in [2.75, 3.05) is 53.5 Å². The molecule has 2 saturated heterocycles. The molecule has 0 spiro atoms. The number of carbonyl (C=O) groups is 1. The molecule has 1 atom stereocenters. The van der Waals surface area contributed by atoms with E-state index in [1.807, 2.05) is 29.2 Å². The fourth-order valence-corrected chi connectivity index (χ4v) is 4.02. The first-order valence-corrected chi connectivity index (χ1v) is 9.71. The molecule has 8 nitrogen and oxygen atoms in total. The Morgan fingerprint density at radius 1 is 1.11 bits per heavy atom. The number of piperazine rings is 1. The fourth-order valence-electron chi connectivity index (χ4n) is 4.02. The summed E-state index contributed by atoms with van der Waals surface area (Å²) in [4.78, 5) is 17.3. The molecule has 2 N–H and O–H groups in total. The molecular formula is C20H27N5O3. The maximum atomic E-state index is 12.9. The average molecular weight is 385 g/mol. The Bertz CT molecular complexity index is 831. The Morgan fingerprint density at radius 2 is 1.89 bits per heavy atom. The Labute approximate surface area is 164 Å². The summed E-state index contributed by atoms with van der Waals surface area (Å²) in [6.45, 7) is 5.74. The normalized spacial score (nSPS) is 20.4. The Kier molecular flexibility index (Phi) is 5.50. The van der Waals surface area contributed by atoms with Crippen LogP contribution in [0.2, 0.25) is 0 Å². The standard InChI is InChI=1S/C20H27N5O3/c1-27-18-4-3-14(11-19(18)28-2)16-12-17(23-22-16)20(26)25-8-5-15(13-25)24-9-6-21-7-10-24/h3-4,11-12,15,21H,5-10,13H2,1-2H3,(H,22,23). The van der Waals surface area contributed by atoms with Crippen LogP contribution in [0.4, 0.5) is 0 Å². The van der Waals surface area contributed by atoms with Crippen LogP contribution in [0.15, 0.2) is 24.3 Å². The van der Waals surface area contributed by atoms with Crippen molar-refractivity contribution in [2.24, 2.45) is 0 Å². The van der Waals surface area contributed by atoms with Crippen molar-refractivity contribution in [3.8, 4) is 22.8 Å². The molecule has 150 valence electrons. The number of likely N-dealkylation sites (tertiary alicyclic amines) is 1. The van der Waals surface area contributed by atoms with Crippen molar-refractivity contribution in [3.63, 3.8) is 0 Å². The lowest BCUT2D eigenvalue weighted by Crippen LogP contribution is -2.49. The molecule has 4 rings (SSSR count). The van der Waals surface area contributed by atoms with Gasteiger partial charge in [-0.3, -0.25) is 14.8 Å². The summed E-state index contributed by atoms with van der Waals surface area (Å²) in [5, 5.41) is 10.6. The number of methoxy groups -OCH3 is 2. The van der Waals surface area contributed by atoms with Gasteiger partial charge in [0.15, 0.2) is 11.5 Å². The van der Waals surface area contributed by atoms with E-state index in [0.29, 0.717) is 28.9 Å². The highest BCUT2D eigenvalue weighted by molar-refractivity contribution is 5.93. The minimum Gasteiger partial charge on any atom is -0.493 e. The molecule has 1 unspecified atom stereocenters. The molecule has 1 amide bonds. The summed E-state index contributed by atoms with van der Waals surface area (Å²) in [6.07, 6.45) is 1.03. The molecular weight excluding hydrogens is 358 g/mol. The fraction of sp³-hybridized carbons (Fsp3) is 0.500. The second-order valence-corrected chi connectivity index (χ2v) is 7.22. The monoisotopic (exact) mass is 385 g/mol. The van der Waals surface area contributed by atoms with Gasteiger partial charge in [0.2, 0.25) is 0 Å². The van der Waals surface area contributed by atoms with Gasteiger partial charge < -0.3 is 19.7 Å². The third-order valence-corrected chi connectivity index (χ3v) is 5.61. The molecule has 28 heavy (non-hydrogen) atoms. The second kappa shape index (κ2) is 8.20. The van der Waals surface area contributed by atoms with E-state index in [2.05, 4.69) is 20.4 Å². The van der Waals surface area contributed by atoms with Gasteiger partial charge in [-0.25, -0.2) is 0 Å². The first-order valence-electron chi connectivity index (χ1n) is 9.71. The van der Waals surface area contributed by atoms with Gasteiger partial charge in [0.1, 0.15) is 5.69 Å². The van der Waals surface area contributed by atoms with E-state index < -0.39 is 0 Å². The highest BCUT2D eigenvalue weighted by Gasteiger charge is 2.32. The molecule has 1 aromatic heterocycles. The molecule has 0 radical (unpaired) electrons. The number of aromatic nitrogens is 2. The largest absolute Gasteiger partial charge is 0.493 e. The van der Waals surface area contributed by atoms with Crippen molar-refractivity contribution in [2.45, 2.75) is 12.5 Å². The first kappa shape index (κ1) is 18.8. The minimum atomic E-state index is 0.0110. The SMILES string of the molecule is COc1ccc(-c2cc(C(=O)N3CCC(N4CCNCC4)C3)[nH]n2)cc1OC. The molecule has 2 fully saturated rings. The third kappa shape index (κ3) is 3.70. The van der Waals surface area contributed by atoms with Crippen LogP contribution >= 0.6 is 0 Å². The quantitative estimate of drug-likeness (QED) is 0.805. The maximum Gasteiger partial charge on any atom is 0.271 e. The van der Waals surface area contributed by atoms with Crippen LogP contribution in [0.5, 0.6) is 11.5 Å². The van der Waals surface area contributed by atoms with E-state index in [0.717, 1.165) is 51.3 Å². The van der Waals surface area contributed by atoms with Crippen LogP contribution in [0.1, 0.15) is 16.9 Å². The minimum absolute atomic E-state index is 0.0110. The van der Waals surface area contributed by atoms with Gasteiger partial charge in [0.05, 0.1) is 19.9 Å². The van der Waals surface area contributed by atoms with E-state index in [9.17, 15) is 4.79 Å². The number of benzene rings is 1. The van der Waals surface area contributed by atoms with Gasteiger partial charge in [-0.05, 0) is 30.7 Å². The van der Waals surface area contributed by atoms with Crippen LogP contribution in [0.3, 0.4) is 0 Å². The zero-order valence-electron chi connectivity index (χ0n) is 16.4. The molecule has 8 heteroatoms. The molecule has 0 aliphatic carbocycles. The van der Waals surface area contributed by atoms with Crippen LogP contribution in [-0.4, -0.2) is 85.4 Å². The van der Waals surface area contributed by atoms with E-state index in [4.69, 9.17) is 9.47 Å². The van der Waals surface area contributed by atoms with Gasteiger partial charge in [-0.15, -0.1) is 0 Å². The predicted molar refractivity (Wildman–Crippen MR) is 106 cm³/mol. The summed E-state index contributed by atoms with van der Waals surface area (Å²) in [5.41, 5.74) is 2.10. The first-order chi connectivity index (χ1) is 13.7. The summed E-state index contributed by atoms with van der Waals surface area (Å²) in [5.74, 6) is 1.31. The lowest BCUT2D eigenvalue weighted by atomic mass is 10.1. The number of hydrogen-bond donors (Lipinski definition) is 2. The number of aromatic amines is 1. The summed E-state index contributed by atoms with van der Waals surface area (Å²) >= 11 is 0. The van der Waals surface area contributed by atoms with E-state index in [-0.39, 0.29) is 5.91 Å². The van der Waals surface area contributed by atoms with E-state index in [1.54, 1.807) is 14.2 Å². The zero-order chi connectivity index (χ0) is 19.5. The van der Waals surface area contributed by atoms with Crippen LogP contribution < -0.4 is 14.8 Å². The molecule has 2 aromatic rings. The van der Waals surface area contributed by atoms with Crippen molar-refractivity contribution in [1.82, 2.24) is 25.3 Å². The predicted octanol–water partition coefficient (Wildman–Crippen LogP) is 1.21. The Morgan fingerprint density at radius 3 is 2.64 bits per heavy atom. The lowest BCUT2D eigenvalue weighted by Gasteiger charge is -2.32. The van der Waals surface area contributed by atoms with Gasteiger partial charge in [-0.2, -0.15) is 5.10 Å². The molecule has 2 aliphatic rings. The molecule has 0 saturated carbocycles. The van der Waals surface area contributed by atoms with Crippen LogP contribution in [0, 0.1) is 0 Å². The zero-order valence-corrected chi connectivity index (χ0v) is 16.4. The number of hydrogen-bond acceptors (Lipinski definition) is 6. The smallest absolute Gasteiger partial charge is 0.271 e. The third-order valence-electron chi connectivity index (χ3n) is 5.61. The maximum absolute atomic E-state index is 12.9. The number of ether oxygens (including phenoxy) is 2. The highest BCUT2D eigenvalue weighted by atomic mass is 16.5. The molecule has 0 bridgehead atoms. The van der Waals surface area contributed by atoms with Crippen molar-refractivity contribution in [3.05, 3.63) is 30.0 Å². The van der Waals surface area contributed by atoms with Crippen molar-refractivity contribution < 1.29 is 14.3 Å². The van der Waals surface area contributed by atoms with Gasteiger partial charge >= 0.3 is 0 Å².